The third-order valence-electron chi connectivity index (χ3n) is 3.52. The van der Waals surface area contributed by atoms with E-state index in [4.69, 9.17) is 5.73 Å². The molecule has 0 bridgehead atoms. The van der Waals surface area contributed by atoms with Gasteiger partial charge >= 0.3 is 0 Å². The van der Waals surface area contributed by atoms with Gasteiger partial charge in [-0.15, -0.1) is 0 Å². The summed E-state index contributed by atoms with van der Waals surface area (Å²) in [6.07, 6.45) is 6.53. The van der Waals surface area contributed by atoms with Crippen molar-refractivity contribution in [2.24, 2.45) is 5.73 Å². The molecule has 1 aliphatic carbocycles. The van der Waals surface area contributed by atoms with E-state index in [2.05, 4.69) is 17.6 Å². The third kappa shape index (κ3) is 3.98. The Labute approximate surface area is 109 Å². The lowest BCUT2D eigenvalue weighted by atomic mass is 9.80. The van der Waals surface area contributed by atoms with Crippen molar-refractivity contribution in [3.63, 3.8) is 0 Å². The maximum atomic E-state index is 12.3. The summed E-state index contributed by atoms with van der Waals surface area (Å²) in [5, 5.41) is 5.76. The summed E-state index contributed by atoms with van der Waals surface area (Å²) < 4.78 is 0. The molecule has 1 aliphatic rings. The smallest absolute Gasteiger partial charge is 0.245 e. The zero-order valence-electron chi connectivity index (χ0n) is 11.3. The first-order valence-corrected chi connectivity index (χ1v) is 6.94. The Bertz CT molecular complexity index is 286. The minimum Gasteiger partial charge on any atom is -0.354 e. The van der Waals surface area contributed by atoms with Gasteiger partial charge in [0, 0.05) is 6.54 Å². The summed E-state index contributed by atoms with van der Waals surface area (Å²) in [5.74, 6) is -0.292. The molecule has 0 heterocycles. The highest BCUT2D eigenvalue weighted by Crippen LogP contribution is 2.28. The van der Waals surface area contributed by atoms with Gasteiger partial charge in [-0.1, -0.05) is 32.6 Å². The number of rotatable bonds is 6. The maximum absolute atomic E-state index is 12.3. The molecule has 0 atom stereocenters. The van der Waals surface area contributed by atoms with Crippen LogP contribution in [0.4, 0.5) is 0 Å². The van der Waals surface area contributed by atoms with Gasteiger partial charge in [0.15, 0.2) is 0 Å². The van der Waals surface area contributed by atoms with E-state index >= 15 is 0 Å². The first kappa shape index (κ1) is 15.0. The fourth-order valence-corrected chi connectivity index (χ4v) is 2.43. The largest absolute Gasteiger partial charge is 0.354 e. The average molecular weight is 255 g/mol. The molecule has 0 aromatic carbocycles. The molecule has 5 heteroatoms. The molecule has 0 aromatic heterocycles. The Morgan fingerprint density at radius 2 is 1.89 bits per heavy atom. The van der Waals surface area contributed by atoms with E-state index in [9.17, 15) is 9.59 Å². The summed E-state index contributed by atoms with van der Waals surface area (Å²) in [4.78, 5) is 23.8. The number of hydrogen-bond acceptors (Lipinski definition) is 3. The van der Waals surface area contributed by atoms with Crippen LogP contribution in [0.1, 0.15) is 51.9 Å². The highest BCUT2D eigenvalue weighted by Gasteiger charge is 2.40. The van der Waals surface area contributed by atoms with Crippen molar-refractivity contribution < 1.29 is 9.59 Å². The summed E-state index contributed by atoms with van der Waals surface area (Å²) in [6, 6.07) is 0. The van der Waals surface area contributed by atoms with Crippen molar-refractivity contribution in [1.29, 1.82) is 0 Å². The Morgan fingerprint density at radius 3 is 2.44 bits per heavy atom. The number of carbonyl (C=O) groups is 2. The topological polar surface area (TPSA) is 84.2 Å². The number of nitrogens with two attached hydrogens (primary N) is 1. The van der Waals surface area contributed by atoms with Crippen LogP contribution in [0, 0.1) is 0 Å². The first-order valence-electron chi connectivity index (χ1n) is 6.94. The highest BCUT2D eigenvalue weighted by atomic mass is 16.2. The number of unbranched alkanes of at least 4 members (excludes halogenated alkanes) is 1. The maximum Gasteiger partial charge on any atom is 0.245 e. The predicted octanol–water partition coefficient (Wildman–Crippen LogP) is 0.681. The van der Waals surface area contributed by atoms with Crippen LogP contribution in [-0.2, 0) is 9.59 Å². The molecule has 2 amide bonds. The highest BCUT2D eigenvalue weighted by molar-refractivity contribution is 5.92. The van der Waals surface area contributed by atoms with E-state index in [1.54, 1.807) is 0 Å². The standard InChI is InChI=1S/C13H25N3O2/c1-2-3-9-15-12(18)13(16-11(17)10-14)7-5-4-6-8-13/h2-10,14H2,1H3,(H,15,18)(H,16,17). The van der Waals surface area contributed by atoms with E-state index in [1.807, 2.05) is 0 Å². The molecule has 0 radical (unpaired) electrons. The number of hydrogen-bond donors (Lipinski definition) is 3. The van der Waals surface area contributed by atoms with Crippen molar-refractivity contribution >= 4 is 11.8 Å². The second-order valence-electron chi connectivity index (χ2n) is 5.00. The molecule has 0 spiro atoms. The SMILES string of the molecule is CCCCNC(=O)C1(NC(=O)CN)CCCCC1. The molecule has 0 unspecified atom stereocenters. The Balaban J connectivity index is 2.63. The molecule has 1 saturated carbocycles. The lowest BCUT2D eigenvalue weighted by molar-refractivity contribution is -0.134. The minimum absolute atomic E-state index is 0.0440. The number of nitrogens with one attached hydrogen (secondary N) is 2. The van der Waals surface area contributed by atoms with Gasteiger partial charge in [0.05, 0.1) is 6.54 Å². The molecule has 1 fully saturated rings. The molecule has 1 rings (SSSR count). The van der Waals surface area contributed by atoms with Gasteiger partial charge in [-0.2, -0.15) is 0 Å². The molecular weight excluding hydrogens is 230 g/mol. The van der Waals surface area contributed by atoms with E-state index in [0.717, 1.165) is 44.9 Å². The molecule has 0 aliphatic heterocycles. The summed E-state index contributed by atoms with van der Waals surface area (Å²) >= 11 is 0. The van der Waals surface area contributed by atoms with Crippen molar-refractivity contribution in [3.8, 4) is 0 Å². The van der Waals surface area contributed by atoms with Gasteiger partial charge in [0.2, 0.25) is 11.8 Å². The van der Waals surface area contributed by atoms with Crippen LogP contribution in [0.3, 0.4) is 0 Å². The average Bonchev–Trinajstić information content (AvgIpc) is 2.39. The van der Waals surface area contributed by atoms with Crippen molar-refractivity contribution in [3.05, 3.63) is 0 Å². The number of carbonyl (C=O) groups excluding carboxylic acids is 2. The van der Waals surface area contributed by atoms with Gasteiger partial charge in [0.1, 0.15) is 5.54 Å². The van der Waals surface area contributed by atoms with Crippen LogP contribution < -0.4 is 16.4 Å². The molecule has 4 N–H and O–H groups in total. The normalized spacial score (nSPS) is 18.1. The van der Waals surface area contributed by atoms with Crippen LogP contribution in [0.15, 0.2) is 0 Å². The molecule has 0 aromatic rings. The molecule has 0 saturated heterocycles. The van der Waals surface area contributed by atoms with E-state index in [1.165, 1.54) is 0 Å². The second-order valence-corrected chi connectivity index (χ2v) is 5.00. The fourth-order valence-electron chi connectivity index (χ4n) is 2.43. The van der Waals surface area contributed by atoms with Crippen LogP contribution in [0.25, 0.3) is 0 Å². The van der Waals surface area contributed by atoms with Crippen molar-refractivity contribution in [2.45, 2.75) is 57.4 Å². The Kier molecular flexibility index (Phi) is 6.12. The molecule has 5 nitrogen and oxygen atoms in total. The Hall–Kier alpha value is -1.10. The minimum atomic E-state index is -0.720. The van der Waals surface area contributed by atoms with E-state index in [-0.39, 0.29) is 18.4 Å². The summed E-state index contributed by atoms with van der Waals surface area (Å²) in [6.45, 7) is 2.69. The van der Waals surface area contributed by atoms with Crippen LogP contribution in [-0.4, -0.2) is 30.4 Å². The zero-order chi connectivity index (χ0) is 13.4. The van der Waals surface area contributed by atoms with Gasteiger partial charge in [0.25, 0.3) is 0 Å². The number of amides is 2. The quantitative estimate of drug-likeness (QED) is 0.610. The van der Waals surface area contributed by atoms with E-state index < -0.39 is 5.54 Å². The Morgan fingerprint density at radius 1 is 1.22 bits per heavy atom. The lowest BCUT2D eigenvalue weighted by Crippen LogP contribution is -2.60. The fraction of sp³-hybridized carbons (Fsp3) is 0.846. The molecule has 18 heavy (non-hydrogen) atoms. The third-order valence-corrected chi connectivity index (χ3v) is 3.52. The van der Waals surface area contributed by atoms with E-state index in [0.29, 0.717) is 6.54 Å². The predicted molar refractivity (Wildman–Crippen MR) is 70.9 cm³/mol. The van der Waals surface area contributed by atoms with Gasteiger partial charge in [-0.05, 0) is 19.3 Å². The van der Waals surface area contributed by atoms with Crippen LogP contribution in [0.2, 0.25) is 0 Å². The zero-order valence-corrected chi connectivity index (χ0v) is 11.3. The van der Waals surface area contributed by atoms with Crippen molar-refractivity contribution in [2.75, 3.05) is 13.1 Å². The monoisotopic (exact) mass is 255 g/mol. The van der Waals surface area contributed by atoms with Gasteiger partial charge in [-0.3, -0.25) is 9.59 Å². The second kappa shape index (κ2) is 7.36. The first-order chi connectivity index (χ1) is 8.64. The summed E-state index contributed by atoms with van der Waals surface area (Å²) in [7, 11) is 0. The van der Waals surface area contributed by atoms with Crippen LogP contribution in [0.5, 0.6) is 0 Å². The molecule has 104 valence electrons. The van der Waals surface area contributed by atoms with Crippen molar-refractivity contribution in [1.82, 2.24) is 10.6 Å². The van der Waals surface area contributed by atoms with Crippen LogP contribution >= 0.6 is 0 Å². The molecular formula is C13H25N3O2. The lowest BCUT2D eigenvalue weighted by Gasteiger charge is -2.36. The van der Waals surface area contributed by atoms with Gasteiger partial charge in [-0.25, -0.2) is 0 Å². The summed E-state index contributed by atoms with van der Waals surface area (Å²) in [5.41, 5.74) is 4.61. The van der Waals surface area contributed by atoms with Gasteiger partial charge < -0.3 is 16.4 Å².